The molecule has 0 saturated heterocycles. The lowest BCUT2D eigenvalue weighted by Gasteiger charge is -2.13. The molecule has 0 radical (unpaired) electrons. The smallest absolute Gasteiger partial charge is 0.00514 e. The van der Waals surface area contributed by atoms with Gasteiger partial charge in [-0.25, -0.2) is 0 Å². The minimum Gasteiger partial charge on any atom is -0.330 e. The molecule has 1 rings (SSSR count). The minimum atomic E-state index is 0.617. The van der Waals surface area contributed by atoms with Gasteiger partial charge in [-0.15, -0.1) is 0 Å². The van der Waals surface area contributed by atoms with Crippen LogP contribution in [-0.4, -0.2) is 6.54 Å². The van der Waals surface area contributed by atoms with Crippen LogP contribution >= 0.6 is 0 Å². The molecule has 1 aromatic rings. The Hall–Kier alpha value is -0.820. The summed E-state index contributed by atoms with van der Waals surface area (Å²) in [6.45, 7) is 9.71. The quantitative estimate of drug-likeness (QED) is 0.804. The second-order valence-electron chi connectivity index (χ2n) is 5.22. The highest BCUT2D eigenvalue weighted by molar-refractivity contribution is 5.32. The Balaban J connectivity index is 2.74. The minimum absolute atomic E-state index is 0.617. The maximum Gasteiger partial charge on any atom is -0.00514 e. The summed E-state index contributed by atoms with van der Waals surface area (Å²) in [6, 6.07) is 6.86. The van der Waals surface area contributed by atoms with Gasteiger partial charge in [-0.05, 0) is 54.8 Å². The van der Waals surface area contributed by atoms with E-state index in [2.05, 4.69) is 45.9 Å². The van der Waals surface area contributed by atoms with Crippen LogP contribution in [0.2, 0.25) is 0 Å². The average Bonchev–Trinajstić information content (AvgIpc) is 2.27. The molecule has 0 aliphatic carbocycles. The first-order chi connectivity index (χ1) is 7.54. The van der Waals surface area contributed by atoms with Gasteiger partial charge in [-0.3, -0.25) is 0 Å². The molecule has 0 amide bonds. The second-order valence-corrected chi connectivity index (χ2v) is 5.22. The summed E-state index contributed by atoms with van der Waals surface area (Å²) in [7, 11) is 0. The van der Waals surface area contributed by atoms with Crippen LogP contribution in [-0.2, 0) is 6.42 Å². The fourth-order valence-corrected chi connectivity index (χ4v) is 1.84. The fraction of sp³-hybridized carbons (Fsp3) is 0.600. The summed E-state index contributed by atoms with van der Waals surface area (Å²) in [5, 5.41) is 0. The first-order valence-corrected chi connectivity index (χ1v) is 6.34. The van der Waals surface area contributed by atoms with Gasteiger partial charge in [0.15, 0.2) is 0 Å². The van der Waals surface area contributed by atoms with Crippen LogP contribution in [0.5, 0.6) is 0 Å². The third kappa shape index (κ3) is 3.64. The average molecular weight is 219 g/mol. The monoisotopic (exact) mass is 219 g/mol. The lowest BCUT2D eigenvalue weighted by atomic mass is 9.93. The second kappa shape index (κ2) is 6.05. The van der Waals surface area contributed by atoms with E-state index in [1.165, 1.54) is 23.1 Å². The molecular weight excluding hydrogens is 194 g/mol. The van der Waals surface area contributed by atoms with Crippen molar-refractivity contribution in [2.24, 2.45) is 11.7 Å². The largest absolute Gasteiger partial charge is 0.330 e. The SMILES string of the molecule is Cc1ccc(C(C)C)cc1CCC(C)CN. The van der Waals surface area contributed by atoms with Crippen LogP contribution < -0.4 is 5.73 Å². The zero-order valence-corrected chi connectivity index (χ0v) is 11.1. The molecular formula is C15H25N. The fourth-order valence-electron chi connectivity index (χ4n) is 1.84. The van der Waals surface area contributed by atoms with Gasteiger partial charge in [-0.1, -0.05) is 39.0 Å². The van der Waals surface area contributed by atoms with Crippen molar-refractivity contribution in [2.75, 3.05) is 6.54 Å². The van der Waals surface area contributed by atoms with Gasteiger partial charge in [0.05, 0.1) is 0 Å². The van der Waals surface area contributed by atoms with Gasteiger partial charge in [-0.2, -0.15) is 0 Å². The van der Waals surface area contributed by atoms with Crippen molar-refractivity contribution >= 4 is 0 Å². The number of hydrogen-bond acceptors (Lipinski definition) is 1. The Bertz CT molecular complexity index is 328. The number of aryl methyl sites for hydroxylation is 2. The van der Waals surface area contributed by atoms with E-state index in [0.717, 1.165) is 13.0 Å². The highest BCUT2D eigenvalue weighted by Crippen LogP contribution is 2.20. The summed E-state index contributed by atoms with van der Waals surface area (Å²) in [5.41, 5.74) is 10.0. The third-order valence-electron chi connectivity index (χ3n) is 3.35. The molecule has 1 nitrogen and oxygen atoms in total. The van der Waals surface area contributed by atoms with E-state index in [4.69, 9.17) is 5.73 Å². The van der Waals surface area contributed by atoms with Crippen molar-refractivity contribution in [3.63, 3.8) is 0 Å². The van der Waals surface area contributed by atoms with E-state index in [9.17, 15) is 0 Å². The number of rotatable bonds is 5. The number of benzene rings is 1. The number of nitrogens with two attached hydrogens (primary N) is 1. The standard InChI is InChI=1S/C15H25N/c1-11(2)14-8-6-13(4)15(9-14)7-5-12(3)10-16/h6,8-9,11-12H,5,7,10,16H2,1-4H3. The first kappa shape index (κ1) is 13.2. The Morgan fingerprint density at radius 2 is 1.88 bits per heavy atom. The van der Waals surface area contributed by atoms with E-state index in [0.29, 0.717) is 11.8 Å². The van der Waals surface area contributed by atoms with Crippen LogP contribution in [0, 0.1) is 12.8 Å². The van der Waals surface area contributed by atoms with Crippen molar-refractivity contribution in [3.05, 3.63) is 34.9 Å². The van der Waals surface area contributed by atoms with Crippen LogP contribution in [0.3, 0.4) is 0 Å². The van der Waals surface area contributed by atoms with Gasteiger partial charge < -0.3 is 5.73 Å². The van der Waals surface area contributed by atoms with Crippen LogP contribution in [0.25, 0.3) is 0 Å². The van der Waals surface area contributed by atoms with Crippen molar-refractivity contribution in [1.82, 2.24) is 0 Å². The van der Waals surface area contributed by atoms with Gasteiger partial charge >= 0.3 is 0 Å². The molecule has 1 unspecified atom stereocenters. The molecule has 0 saturated carbocycles. The predicted molar refractivity (Wildman–Crippen MR) is 71.8 cm³/mol. The van der Waals surface area contributed by atoms with Crippen LogP contribution in [0.1, 0.15) is 49.8 Å². The Morgan fingerprint density at radius 3 is 2.44 bits per heavy atom. The predicted octanol–water partition coefficient (Wildman–Crippen LogP) is 3.65. The topological polar surface area (TPSA) is 26.0 Å². The van der Waals surface area contributed by atoms with E-state index in [1.807, 2.05) is 0 Å². The Labute approximate surface area is 100 Å². The third-order valence-corrected chi connectivity index (χ3v) is 3.35. The molecule has 16 heavy (non-hydrogen) atoms. The van der Waals surface area contributed by atoms with Crippen LogP contribution in [0.15, 0.2) is 18.2 Å². The first-order valence-electron chi connectivity index (χ1n) is 6.34. The zero-order valence-electron chi connectivity index (χ0n) is 11.1. The molecule has 0 aromatic heterocycles. The zero-order chi connectivity index (χ0) is 12.1. The van der Waals surface area contributed by atoms with Crippen molar-refractivity contribution in [3.8, 4) is 0 Å². The molecule has 0 bridgehead atoms. The summed E-state index contributed by atoms with van der Waals surface area (Å²) < 4.78 is 0. The molecule has 1 aromatic carbocycles. The summed E-state index contributed by atoms with van der Waals surface area (Å²) in [4.78, 5) is 0. The maximum atomic E-state index is 5.65. The summed E-state index contributed by atoms with van der Waals surface area (Å²) in [5.74, 6) is 1.24. The van der Waals surface area contributed by atoms with Crippen molar-refractivity contribution in [2.45, 2.75) is 46.5 Å². The van der Waals surface area contributed by atoms with E-state index in [-0.39, 0.29) is 0 Å². The van der Waals surface area contributed by atoms with E-state index >= 15 is 0 Å². The van der Waals surface area contributed by atoms with Crippen LogP contribution in [0.4, 0.5) is 0 Å². The van der Waals surface area contributed by atoms with Gasteiger partial charge in [0.2, 0.25) is 0 Å². The van der Waals surface area contributed by atoms with Crippen molar-refractivity contribution < 1.29 is 0 Å². The van der Waals surface area contributed by atoms with E-state index < -0.39 is 0 Å². The van der Waals surface area contributed by atoms with Gasteiger partial charge in [0.25, 0.3) is 0 Å². The Morgan fingerprint density at radius 1 is 1.19 bits per heavy atom. The molecule has 0 heterocycles. The lowest BCUT2D eigenvalue weighted by Crippen LogP contribution is -2.11. The molecule has 0 spiro atoms. The highest BCUT2D eigenvalue weighted by atomic mass is 14.5. The van der Waals surface area contributed by atoms with Gasteiger partial charge in [0.1, 0.15) is 0 Å². The molecule has 1 heteroatoms. The van der Waals surface area contributed by atoms with E-state index in [1.54, 1.807) is 0 Å². The molecule has 2 N–H and O–H groups in total. The molecule has 90 valence electrons. The molecule has 1 atom stereocenters. The summed E-state index contributed by atoms with van der Waals surface area (Å²) in [6.07, 6.45) is 2.35. The highest BCUT2D eigenvalue weighted by Gasteiger charge is 2.05. The number of hydrogen-bond donors (Lipinski definition) is 1. The summed E-state index contributed by atoms with van der Waals surface area (Å²) >= 11 is 0. The van der Waals surface area contributed by atoms with Crippen molar-refractivity contribution in [1.29, 1.82) is 0 Å². The lowest BCUT2D eigenvalue weighted by molar-refractivity contribution is 0.544. The molecule has 0 fully saturated rings. The Kier molecular flexibility index (Phi) is 5.01. The normalized spacial score (nSPS) is 13.1. The maximum absolute atomic E-state index is 5.65. The molecule has 0 aliphatic heterocycles. The molecule has 0 aliphatic rings. The van der Waals surface area contributed by atoms with Gasteiger partial charge in [0, 0.05) is 0 Å².